The highest BCUT2D eigenvalue weighted by atomic mass is 19.4. The Kier molecular flexibility index (Phi) is 6.14. The Bertz CT molecular complexity index is 858. The molecule has 0 atom stereocenters. The van der Waals surface area contributed by atoms with E-state index in [1.807, 2.05) is 19.1 Å². The van der Waals surface area contributed by atoms with Crippen molar-refractivity contribution in [2.24, 2.45) is 0 Å². The van der Waals surface area contributed by atoms with E-state index in [1.165, 1.54) is 18.1 Å². The van der Waals surface area contributed by atoms with Gasteiger partial charge in [-0.25, -0.2) is 13.2 Å². The van der Waals surface area contributed by atoms with Crippen molar-refractivity contribution in [1.82, 2.24) is 0 Å². The van der Waals surface area contributed by atoms with Gasteiger partial charge in [-0.1, -0.05) is 30.2 Å². The van der Waals surface area contributed by atoms with Crippen LogP contribution in [0.1, 0.15) is 24.5 Å². The summed E-state index contributed by atoms with van der Waals surface area (Å²) in [7, 11) is 0. The van der Waals surface area contributed by atoms with Crippen molar-refractivity contribution in [2.75, 3.05) is 0 Å². The van der Waals surface area contributed by atoms with Gasteiger partial charge >= 0.3 is 6.18 Å². The van der Waals surface area contributed by atoms with Crippen LogP contribution in [0.4, 0.5) is 26.3 Å². The second-order valence-corrected chi connectivity index (χ2v) is 5.48. The van der Waals surface area contributed by atoms with Gasteiger partial charge in [0.15, 0.2) is 0 Å². The van der Waals surface area contributed by atoms with E-state index in [9.17, 15) is 26.3 Å². The van der Waals surface area contributed by atoms with Crippen molar-refractivity contribution in [3.05, 3.63) is 71.1 Å². The van der Waals surface area contributed by atoms with Gasteiger partial charge in [0.25, 0.3) is 0 Å². The molecular weight excluding hydrogens is 354 g/mol. The minimum Gasteiger partial charge on any atom is -0.206 e. The average molecular weight is 368 g/mol. The third-order valence-electron chi connectivity index (χ3n) is 3.55. The fourth-order valence-corrected chi connectivity index (χ4v) is 2.35. The molecule has 0 spiro atoms. The number of allylic oxidation sites excluding steroid dienone is 2. The minimum absolute atomic E-state index is 0.0482. The average Bonchev–Trinajstić information content (AvgIpc) is 2.53. The van der Waals surface area contributed by atoms with Crippen molar-refractivity contribution >= 4 is 0 Å². The SMILES string of the molecule is C/C=C/CCc1ccc(-c2cc(F)c(C#CC(F)(F)F)c(F)c2)c(F)c1. The maximum Gasteiger partial charge on any atom is 0.458 e. The Balaban J connectivity index is 2.36. The van der Waals surface area contributed by atoms with E-state index in [4.69, 9.17) is 0 Å². The molecule has 0 fully saturated rings. The molecule has 0 N–H and O–H groups in total. The Hall–Kier alpha value is -2.68. The quantitative estimate of drug-likeness (QED) is 0.343. The Morgan fingerprint density at radius 2 is 1.62 bits per heavy atom. The molecule has 0 amide bonds. The molecular formula is C20H14F6. The van der Waals surface area contributed by atoms with Crippen molar-refractivity contribution in [3.8, 4) is 23.0 Å². The summed E-state index contributed by atoms with van der Waals surface area (Å²) in [6, 6.07) is 5.82. The topological polar surface area (TPSA) is 0 Å². The van der Waals surface area contributed by atoms with Crippen LogP contribution in [0.5, 0.6) is 0 Å². The van der Waals surface area contributed by atoms with E-state index in [0.29, 0.717) is 6.42 Å². The fraction of sp³-hybridized carbons (Fsp3) is 0.200. The van der Waals surface area contributed by atoms with E-state index in [1.54, 1.807) is 6.07 Å². The number of benzene rings is 2. The summed E-state index contributed by atoms with van der Waals surface area (Å²) in [5, 5.41) is 0. The van der Waals surface area contributed by atoms with Gasteiger partial charge in [0, 0.05) is 11.5 Å². The van der Waals surface area contributed by atoms with E-state index < -0.39 is 29.2 Å². The Morgan fingerprint density at radius 1 is 0.962 bits per heavy atom. The first-order chi connectivity index (χ1) is 12.2. The molecule has 2 rings (SSSR count). The van der Waals surface area contributed by atoms with Gasteiger partial charge < -0.3 is 0 Å². The first-order valence-electron chi connectivity index (χ1n) is 7.70. The maximum atomic E-state index is 14.3. The summed E-state index contributed by atoms with van der Waals surface area (Å²) in [6.07, 6.45) is 0.268. The smallest absolute Gasteiger partial charge is 0.206 e. The van der Waals surface area contributed by atoms with Gasteiger partial charge in [0.05, 0.1) is 5.56 Å². The summed E-state index contributed by atoms with van der Waals surface area (Å²) < 4.78 is 78.4. The zero-order valence-electron chi connectivity index (χ0n) is 13.7. The monoisotopic (exact) mass is 368 g/mol. The predicted molar refractivity (Wildman–Crippen MR) is 87.8 cm³/mol. The van der Waals surface area contributed by atoms with Crippen LogP contribution in [0, 0.1) is 29.3 Å². The normalized spacial score (nSPS) is 11.5. The lowest BCUT2D eigenvalue weighted by molar-refractivity contribution is -0.0696. The number of aryl methyl sites for hydroxylation is 1. The third kappa shape index (κ3) is 5.16. The number of rotatable bonds is 4. The maximum absolute atomic E-state index is 14.3. The van der Waals surface area contributed by atoms with Crippen LogP contribution >= 0.6 is 0 Å². The molecule has 0 saturated carbocycles. The van der Waals surface area contributed by atoms with Crippen LogP contribution in [0.3, 0.4) is 0 Å². The van der Waals surface area contributed by atoms with E-state index >= 15 is 0 Å². The van der Waals surface area contributed by atoms with E-state index in [2.05, 4.69) is 0 Å². The van der Waals surface area contributed by atoms with Crippen molar-refractivity contribution in [3.63, 3.8) is 0 Å². The van der Waals surface area contributed by atoms with Crippen LogP contribution < -0.4 is 0 Å². The molecule has 0 heterocycles. The summed E-state index contributed by atoms with van der Waals surface area (Å²) in [5.74, 6) is -0.999. The highest BCUT2D eigenvalue weighted by Crippen LogP contribution is 2.27. The highest BCUT2D eigenvalue weighted by molar-refractivity contribution is 5.66. The molecule has 136 valence electrons. The Labute approximate surface area is 147 Å². The molecule has 2 aromatic carbocycles. The fourth-order valence-electron chi connectivity index (χ4n) is 2.35. The van der Waals surface area contributed by atoms with Crippen molar-refractivity contribution in [2.45, 2.75) is 25.9 Å². The number of alkyl halides is 3. The van der Waals surface area contributed by atoms with Gasteiger partial charge in [0.2, 0.25) is 0 Å². The molecule has 0 aromatic heterocycles. The largest absolute Gasteiger partial charge is 0.458 e. The van der Waals surface area contributed by atoms with Crippen LogP contribution in [0.25, 0.3) is 11.1 Å². The lowest BCUT2D eigenvalue weighted by Crippen LogP contribution is -2.02. The predicted octanol–water partition coefficient (Wildman–Crippen LogP) is 6.19. The molecule has 0 nitrogen and oxygen atoms in total. The molecule has 0 aliphatic heterocycles. The second kappa shape index (κ2) is 8.13. The minimum atomic E-state index is -4.87. The number of hydrogen-bond acceptors (Lipinski definition) is 0. The molecule has 6 heteroatoms. The number of hydrogen-bond donors (Lipinski definition) is 0. The van der Waals surface area contributed by atoms with Gasteiger partial charge in [-0.2, -0.15) is 13.2 Å². The first kappa shape index (κ1) is 19.6. The van der Waals surface area contributed by atoms with Crippen LogP contribution in [0.15, 0.2) is 42.5 Å². The lowest BCUT2D eigenvalue weighted by atomic mass is 9.99. The first-order valence-corrected chi connectivity index (χ1v) is 7.70. The van der Waals surface area contributed by atoms with Gasteiger partial charge in [-0.15, -0.1) is 0 Å². The van der Waals surface area contributed by atoms with E-state index in [-0.39, 0.29) is 11.1 Å². The molecule has 2 aromatic rings. The Morgan fingerprint density at radius 3 is 2.15 bits per heavy atom. The molecule has 0 aliphatic carbocycles. The standard InChI is InChI=1S/C20H14F6/c1-2-3-4-5-13-6-7-15(17(21)10-13)14-11-18(22)16(19(23)12-14)8-9-20(24,25)26/h2-3,6-7,10-12H,4-5H2,1H3/b3-2+. The van der Waals surface area contributed by atoms with Crippen molar-refractivity contribution < 1.29 is 26.3 Å². The molecule has 0 unspecified atom stereocenters. The summed E-state index contributed by atoms with van der Waals surface area (Å²) in [5.41, 5.74) is -0.449. The second-order valence-electron chi connectivity index (χ2n) is 5.48. The van der Waals surface area contributed by atoms with Gasteiger partial charge in [-0.3, -0.25) is 0 Å². The lowest BCUT2D eigenvalue weighted by Gasteiger charge is -2.08. The third-order valence-corrected chi connectivity index (χ3v) is 3.55. The zero-order valence-corrected chi connectivity index (χ0v) is 13.7. The zero-order chi connectivity index (χ0) is 19.3. The van der Waals surface area contributed by atoms with E-state index in [0.717, 1.165) is 30.0 Å². The molecule has 0 radical (unpaired) electrons. The van der Waals surface area contributed by atoms with Crippen molar-refractivity contribution in [1.29, 1.82) is 0 Å². The van der Waals surface area contributed by atoms with Crippen LogP contribution in [-0.4, -0.2) is 6.18 Å². The molecule has 0 aliphatic rings. The van der Waals surface area contributed by atoms with Gasteiger partial charge in [-0.05, 0) is 49.1 Å². The molecule has 0 bridgehead atoms. The summed E-state index contributed by atoms with van der Waals surface area (Å²) in [4.78, 5) is 0. The highest BCUT2D eigenvalue weighted by Gasteiger charge is 2.23. The van der Waals surface area contributed by atoms with Gasteiger partial charge in [0.1, 0.15) is 17.5 Å². The molecule has 0 saturated heterocycles. The number of halogens is 6. The summed E-state index contributed by atoms with van der Waals surface area (Å²) in [6.45, 7) is 1.87. The summed E-state index contributed by atoms with van der Waals surface area (Å²) >= 11 is 0. The van der Waals surface area contributed by atoms with Crippen LogP contribution in [0.2, 0.25) is 0 Å². The van der Waals surface area contributed by atoms with Crippen LogP contribution in [-0.2, 0) is 6.42 Å². The molecule has 26 heavy (non-hydrogen) atoms.